The summed E-state index contributed by atoms with van der Waals surface area (Å²) in [5, 5.41) is 10.8. The molecule has 0 saturated carbocycles. The number of nitrogens with one attached hydrogen (secondary N) is 1. The summed E-state index contributed by atoms with van der Waals surface area (Å²) in [6.07, 6.45) is 3.32. The Bertz CT molecular complexity index is 471. The molecule has 0 fully saturated rings. The van der Waals surface area contributed by atoms with Gasteiger partial charge in [0.1, 0.15) is 17.3 Å². The molecule has 0 spiro atoms. The van der Waals surface area contributed by atoms with E-state index in [9.17, 15) is 8.78 Å². The van der Waals surface area contributed by atoms with Crippen LogP contribution in [0.3, 0.4) is 0 Å². The van der Waals surface area contributed by atoms with Crippen molar-refractivity contribution in [3.05, 3.63) is 28.2 Å². The van der Waals surface area contributed by atoms with Crippen molar-refractivity contribution >= 4 is 38.5 Å². The molecule has 3 nitrogen and oxygen atoms in total. The van der Waals surface area contributed by atoms with Gasteiger partial charge in [0.15, 0.2) is 11.4 Å². The lowest BCUT2D eigenvalue weighted by atomic mass is 10.3. The first-order valence-corrected chi connectivity index (χ1v) is 6.02. The maximum atomic E-state index is 13.3. The van der Waals surface area contributed by atoms with Gasteiger partial charge >= 0.3 is 0 Å². The minimum absolute atomic E-state index is 0.0305. The summed E-state index contributed by atoms with van der Waals surface area (Å²) in [6.45, 7) is 0. The van der Waals surface area contributed by atoms with Gasteiger partial charge in [0, 0.05) is 6.07 Å². The molecule has 7 heteroatoms. The third kappa shape index (κ3) is 3.18. The molecule has 0 saturated heterocycles. The smallest absolute Gasteiger partial charge is 0.183 e. The second kappa shape index (κ2) is 5.82. The van der Waals surface area contributed by atoms with Crippen molar-refractivity contribution in [2.24, 2.45) is 4.99 Å². The van der Waals surface area contributed by atoms with E-state index in [4.69, 9.17) is 5.26 Å². The van der Waals surface area contributed by atoms with Crippen LogP contribution in [0.15, 0.2) is 21.6 Å². The van der Waals surface area contributed by atoms with Crippen LogP contribution in [0.5, 0.6) is 0 Å². The Labute approximate surface area is 104 Å². The fraction of sp³-hybridized carbons (Fsp3) is 0.111. The van der Waals surface area contributed by atoms with E-state index < -0.39 is 11.6 Å². The van der Waals surface area contributed by atoms with Gasteiger partial charge < -0.3 is 0 Å². The SMILES string of the molecule is CSC(=Nc1cc(F)c(Br)cc1F)NC#N. The predicted molar refractivity (Wildman–Crippen MR) is 63.4 cm³/mol. The van der Waals surface area contributed by atoms with Crippen molar-refractivity contribution in [3.63, 3.8) is 0 Å². The number of aliphatic imine (C=N–C) groups is 1. The van der Waals surface area contributed by atoms with Crippen LogP contribution >= 0.6 is 27.7 Å². The Morgan fingerprint density at radius 3 is 2.75 bits per heavy atom. The van der Waals surface area contributed by atoms with Crippen LogP contribution in [0, 0.1) is 23.1 Å². The first kappa shape index (κ1) is 12.9. The Balaban J connectivity index is 3.14. The Morgan fingerprint density at radius 2 is 2.19 bits per heavy atom. The van der Waals surface area contributed by atoms with Gasteiger partial charge in [-0.25, -0.2) is 13.8 Å². The zero-order valence-electron chi connectivity index (χ0n) is 8.09. The van der Waals surface area contributed by atoms with Crippen LogP contribution in [0.1, 0.15) is 0 Å². The Kier molecular flexibility index (Phi) is 4.71. The standard InChI is InChI=1S/C9H6BrF2N3S/c1-16-9(14-4-13)15-8-3-6(11)5(10)2-7(8)12/h2-3H,1H3,(H,14,15). The van der Waals surface area contributed by atoms with Crippen LogP contribution in [0.2, 0.25) is 0 Å². The molecular weight excluding hydrogens is 300 g/mol. The molecule has 1 aromatic rings. The van der Waals surface area contributed by atoms with Gasteiger partial charge in [0.05, 0.1) is 4.47 Å². The van der Waals surface area contributed by atoms with Crippen molar-refractivity contribution in [1.29, 1.82) is 5.26 Å². The van der Waals surface area contributed by atoms with Crippen molar-refractivity contribution in [1.82, 2.24) is 5.32 Å². The third-order valence-electron chi connectivity index (χ3n) is 1.57. The second-order valence-corrected chi connectivity index (χ2v) is 4.22. The highest BCUT2D eigenvalue weighted by Crippen LogP contribution is 2.26. The molecule has 0 aliphatic rings. The van der Waals surface area contributed by atoms with Crippen LogP contribution < -0.4 is 5.32 Å². The first-order valence-electron chi connectivity index (χ1n) is 4.00. The first-order chi connectivity index (χ1) is 7.58. The summed E-state index contributed by atoms with van der Waals surface area (Å²) < 4.78 is 26.5. The van der Waals surface area contributed by atoms with E-state index in [1.807, 2.05) is 0 Å². The number of nitriles is 1. The average Bonchev–Trinajstić information content (AvgIpc) is 2.25. The summed E-state index contributed by atoms with van der Waals surface area (Å²) in [7, 11) is 0. The van der Waals surface area contributed by atoms with Crippen molar-refractivity contribution in [2.45, 2.75) is 0 Å². The highest BCUT2D eigenvalue weighted by molar-refractivity contribution is 9.10. The quantitative estimate of drug-likeness (QED) is 0.285. The maximum absolute atomic E-state index is 13.3. The van der Waals surface area contributed by atoms with E-state index >= 15 is 0 Å². The number of nitrogens with zero attached hydrogens (tertiary/aromatic N) is 2. The van der Waals surface area contributed by atoms with E-state index in [2.05, 4.69) is 26.2 Å². The molecule has 0 aliphatic carbocycles. The molecule has 0 aliphatic heterocycles. The molecule has 1 rings (SSSR count). The van der Waals surface area contributed by atoms with E-state index in [0.717, 1.165) is 23.9 Å². The number of hydrogen-bond donors (Lipinski definition) is 1. The van der Waals surface area contributed by atoms with Crippen LogP contribution in [-0.2, 0) is 0 Å². The lowest BCUT2D eigenvalue weighted by molar-refractivity contribution is 0.596. The highest BCUT2D eigenvalue weighted by atomic mass is 79.9. The zero-order valence-corrected chi connectivity index (χ0v) is 10.5. The minimum Gasteiger partial charge on any atom is -0.271 e. The monoisotopic (exact) mass is 305 g/mol. The van der Waals surface area contributed by atoms with Gasteiger partial charge in [-0.3, -0.25) is 5.32 Å². The number of hydrogen-bond acceptors (Lipinski definition) is 3. The molecule has 1 N–H and O–H groups in total. The molecule has 16 heavy (non-hydrogen) atoms. The number of benzene rings is 1. The summed E-state index contributed by atoms with van der Waals surface area (Å²) >= 11 is 3.98. The van der Waals surface area contributed by atoms with E-state index in [1.165, 1.54) is 0 Å². The zero-order chi connectivity index (χ0) is 12.1. The van der Waals surface area contributed by atoms with Crippen LogP contribution in [0.25, 0.3) is 0 Å². The molecule has 0 heterocycles. The number of halogens is 3. The third-order valence-corrected chi connectivity index (χ3v) is 2.76. The molecule has 0 radical (unpaired) electrons. The van der Waals surface area contributed by atoms with E-state index in [-0.39, 0.29) is 15.3 Å². The van der Waals surface area contributed by atoms with Gasteiger partial charge in [-0.2, -0.15) is 5.26 Å². The number of thioether (sulfide) groups is 1. The normalized spacial score (nSPS) is 11.1. The van der Waals surface area contributed by atoms with Crippen LogP contribution in [-0.4, -0.2) is 11.4 Å². The number of amidine groups is 1. The van der Waals surface area contributed by atoms with Gasteiger partial charge in [0.25, 0.3) is 0 Å². The molecule has 0 amide bonds. The summed E-state index contributed by atoms with van der Waals surface area (Å²) in [4.78, 5) is 3.78. The van der Waals surface area contributed by atoms with Crippen molar-refractivity contribution in [3.8, 4) is 6.19 Å². The molecule has 0 atom stereocenters. The summed E-state index contributed by atoms with van der Waals surface area (Å²) in [5.41, 5.74) is -0.159. The maximum Gasteiger partial charge on any atom is 0.183 e. The molecule has 0 bridgehead atoms. The topological polar surface area (TPSA) is 48.2 Å². The van der Waals surface area contributed by atoms with E-state index in [0.29, 0.717) is 0 Å². The minimum atomic E-state index is -0.667. The van der Waals surface area contributed by atoms with E-state index in [1.54, 1.807) is 12.4 Å². The van der Waals surface area contributed by atoms with Crippen molar-refractivity contribution in [2.75, 3.05) is 6.26 Å². The van der Waals surface area contributed by atoms with Gasteiger partial charge in [-0.1, -0.05) is 11.8 Å². The summed E-state index contributed by atoms with van der Waals surface area (Å²) in [6, 6.07) is 1.94. The Hall–Kier alpha value is -1.13. The lowest BCUT2D eigenvalue weighted by Gasteiger charge is -2.02. The van der Waals surface area contributed by atoms with Gasteiger partial charge in [-0.15, -0.1) is 0 Å². The Morgan fingerprint density at radius 1 is 1.50 bits per heavy atom. The fourth-order valence-corrected chi connectivity index (χ4v) is 1.53. The molecule has 84 valence electrons. The average molecular weight is 306 g/mol. The molecule has 0 aromatic heterocycles. The van der Waals surface area contributed by atoms with Crippen LogP contribution in [0.4, 0.5) is 14.5 Å². The largest absolute Gasteiger partial charge is 0.271 e. The highest BCUT2D eigenvalue weighted by Gasteiger charge is 2.08. The van der Waals surface area contributed by atoms with Crippen molar-refractivity contribution < 1.29 is 8.78 Å². The molecular formula is C9H6BrF2N3S. The second-order valence-electron chi connectivity index (χ2n) is 2.58. The fourth-order valence-electron chi connectivity index (χ4n) is 0.880. The summed E-state index contributed by atoms with van der Waals surface area (Å²) in [5.74, 6) is -1.28. The predicted octanol–water partition coefficient (Wildman–Crippen LogP) is 3.15. The lowest BCUT2D eigenvalue weighted by Crippen LogP contribution is -2.12. The molecule has 1 aromatic carbocycles. The molecule has 0 unspecified atom stereocenters. The van der Waals surface area contributed by atoms with Gasteiger partial charge in [0.2, 0.25) is 0 Å². The number of rotatable bonds is 1. The van der Waals surface area contributed by atoms with Gasteiger partial charge in [-0.05, 0) is 28.3 Å².